The van der Waals surface area contributed by atoms with E-state index in [2.05, 4.69) is 4.98 Å². The topological polar surface area (TPSA) is 111 Å². The number of aliphatic hydroxyl groups excluding tert-OH is 2. The Balaban J connectivity index is 2.28. The summed E-state index contributed by atoms with van der Waals surface area (Å²) in [6.45, 7) is -0.190. The van der Waals surface area contributed by atoms with Crippen LogP contribution in [0.3, 0.4) is 0 Å². The number of aromatic nitrogens is 2. The normalized spacial score (nSPS) is 29.5. The standard InChI is InChI=1S/C9H13N3O4/c10-7-1-2-12(9(15)11-7)8-6(14)3-5(4-13)16-8/h1-2,5-6,8,13-14H,3-4H2,(H2,10,11,15)/t5-,6?,8?/m0/s1. The van der Waals surface area contributed by atoms with Gasteiger partial charge in [0.1, 0.15) is 11.9 Å². The Morgan fingerprint density at radius 3 is 3.00 bits per heavy atom. The van der Waals surface area contributed by atoms with E-state index in [1.54, 1.807) is 0 Å². The van der Waals surface area contributed by atoms with E-state index in [1.165, 1.54) is 12.3 Å². The minimum absolute atomic E-state index is 0.118. The van der Waals surface area contributed by atoms with Crippen LogP contribution >= 0.6 is 0 Å². The fraction of sp³-hybridized carbons (Fsp3) is 0.556. The summed E-state index contributed by atoms with van der Waals surface area (Å²) in [7, 11) is 0. The maximum atomic E-state index is 11.5. The first-order chi connectivity index (χ1) is 7.61. The highest BCUT2D eigenvalue weighted by atomic mass is 16.5. The van der Waals surface area contributed by atoms with Crippen LogP contribution in [0.15, 0.2) is 17.1 Å². The summed E-state index contributed by atoms with van der Waals surface area (Å²) in [5.74, 6) is 0.118. The van der Waals surface area contributed by atoms with E-state index >= 15 is 0 Å². The van der Waals surface area contributed by atoms with Crippen LogP contribution in [0.1, 0.15) is 12.6 Å². The van der Waals surface area contributed by atoms with E-state index in [1.807, 2.05) is 0 Å². The predicted molar refractivity (Wildman–Crippen MR) is 54.5 cm³/mol. The molecule has 1 fully saturated rings. The van der Waals surface area contributed by atoms with Gasteiger partial charge in [-0.15, -0.1) is 0 Å². The molecular weight excluding hydrogens is 214 g/mol. The monoisotopic (exact) mass is 227 g/mol. The van der Waals surface area contributed by atoms with Crippen molar-refractivity contribution in [1.82, 2.24) is 9.55 Å². The van der Waals surface area contributed by atoms with Crippen LogP contribution in [0, 0.1) is 0 Å². The molecule has 88 valence electrons. The van der Waals surface area contributed by atoms with E-state index in [0.717, 1.165) is 4.57 Å². The van der Waals surface area contributed by atoms with E-state index in [9.17, 15) is 9.90 Å². The maximum absolute atomic E-state index is 11.5. The van der Waals surface area contributed by atoms with Crippen molar-refractivity contribution in [3.63, 3.8) is 0 Å². The van der Waals surface area contributed by atoms with Gasteiger partial charge in [0.25, 0.3) is 0 Å². The van der Waals surface area contributed by atoms with Crippen molar-refractivity contribution in [2.24, 2.45) is 0 Å². The molecule has 3 atom stereocenters. The molecule has 4 N–H and O–H groups in total. The van der Waals surface area contributed by atoms with Gasteiger partial charge in [0, 0.05) is 12.6 Å². The molecule has 7 heteroatoms. The molecule has 0 bridgehead atoms. The summed E-state index contributed by atoms with van der Waals surface area (Å²) in [6.07, 6.45) is -0.390. The summed E-state index contributed by atoms with van der Waals surface area (Å²) in [5.41, 5.74) is 4.77. The third kappa shape index (κ3) is 1.92. The van der Waals surface area contributed by atoms with Crippen molar-refractivity contribution in [2.75, 3.05) is 12.3 Å². The van der Waals surface area contributed by atoms with Gasteiger partial charge < -0.3 is 20.7 Å². The number of anilines is 1. The average Bonchev–Trinajstić information content (AvgIpc) is 2.60. The zero-order valence-electron chi connectivity index (χ0n) is 8.48. The molecule has 1 aromatic heterocycles. The number of ether oxygens (including phenoxy) is 1. The van der Waals surface area contributed by atoms with Gasteiger partial charge in [0.2, 0.25) is 0 Å². The van der Waals surface area contributed by atoms with E-state index in [0.29, 0.717) is 0 Å². The lowest BCUT2D eigenvalue weighted by Gasteiger charge is -2.16. The first-order valence-corrected chi connectivity index (χ1v) is 4.91. The Morgan fingerprint density at radius 2 is 2.44 bits per heavy atom. The second kappa shape index (κ2) is 4.20. The third-order valence-electron chi connectivity index (χ3n) is 2.49. The Morgan fingerprint density at radius 1 is 1.69 bits per heavy atom. The lowest BCUT2D eigenvalue weighted by Crippen LogP contribution is -2.31. The Hall–Kier alpha value is -1.44. The van der Waals surface area contributed by atoms with E-state index < -0.39 is 24.1 Å². The van der Waals surface area contributed by atoms with Crippen molar-refractivity contribution in [2.45, 2.75) is 24.9 Å². The number of nitrogens with zero attached hydrogens (tertiary/aromatic N) is 2. The molecule has 16 heavy (non-hydrogen) atoms. The lowest BCUT2D eigenvalue weighted by molar-refractivity contribution is -0.0529. The molecule has 2 rings (SSSR count). The van der Waals surface area contributed by atoms with Crippen molar-refractivity contribution in [1.29, 1.82) is 0 Å². The second-order valence-corrected chi connectivity index (χ2v) is 3.68. The van der Waals surface area contributed by atoms with Crippen LogP contribution in [0.25, 0.3) is 0 Å². The van der Waals surface area contributed by atoms with Crippen LogP contribution in [-0.2, 0) is 4.74 Å². The smallest absolute Gasteiger partial charge is 0.351 e. The lowest BCUT2D eigenvalue weighted by atomic mass is 10.2. The largest absolute Gasteiger partial charge is 0.394 e. The first kappa shape index (κ1) is 11.1. The number of rotatable bonds is 2. The van der Waals surface area contributed by atoms with Gasteiger partial charge in [-0.05, 0) is 6.07 Å². The minimum atomic E-state index is -0.833. The molecule has 7 nitrogen and oxygen atoms in total. The van der Waals surface area contributed by atoms with Crippen LogP contribution in [0.4, 0.5) is 5.82 Å². The summed E-state index contributed by atoms with van der Waals surface area (Å²) in [4.78, 5) is 15.0. The van der Waals surface area contributed by atoms with Crippen molar-refractivity contribution in [3.05, 3.63) is 22.7 Å². The Labute approximate surface area is 91.1 Å². The SMILES string of the molecule is Nc1ccn(C2O[C@H](CO)CC2O)c(=O)n1. The van der Waals surface area contributed by atoms with Gasteiger partial charge in [0.05, 0.1) is 12.7 Å². The quantitative estimate of drug-likeness (QED) is 0.565. The minimum Gasteiger partial charge on any atom is -0.394 e. The molecule has 1 aliphatic rings. The van der Waals surface area contributed by atoms with E-state index in [-0.39, 0.29) is 18.8 Å². The van der Waals surface area contributed by atoms with Gasteiger partial charge in [-0.1, -0.05) is 0 Å². The number of hydrogen-bond donors (Lipinski definition) is 3. The highest BCUT2D eigenvalue weighted by molar-refractivity contribution is 5.23. The highest BCUT2D eigenvalue weighted by Crippen LogP contribution is 2.27. The number of nitrogens with two attached hydrogens (primary N) is 1. The molecule has 2 unspecified atom stereocenters. The van der Waals surface area contributed by atoms with Crippen LogP contribution in [0.2, 0.25) is 0 Å². The maximum Gasteiger partial charge on any atom is 0.351 e. The molecule has 0 radical (unpaired) electrons. The first-order valence-electron chi connectivity index (χ1n) is 4.91. The second-order valence-electron chi connectivity index (χ2n) is 3.68. The Bertz CT molecular complexity index is 433. The zero-order chi connectivity index (χ0) is 11.7. The third-order valence-corrected chi connectivity index (χ3v) is 2.49. The highest BCUT2D eigenvalue weighted by Gasteiger charge is 2.35. The van der Waals surface area contributed by atoms with Crippen molar-refractivity contribution >= 4 is 5.82 Å². The van der Waals surface area contributed by atoms with Gasteiger partial charge in [-0.2, -0.15) is 4.98 Å². The number of nitrogen functional groups attached to an aromatic ring is 1. The van der Waals surface area contributed by atoms with Crippen molar-refractivity contribution < 1.29 is 14.9 Å². The van der Waals surface area contributed by atoms with Gasteiger partial charge in [-0.25, -0.2) is 4.79 Å². The van der Waals surface area contributed by atoms with E-state index in [4.69, 9.17) is 15.6 Å². The van der Waals surface area contributed by atoms with Gasteiger partial charge in [0.15, 0.2) is 6.23 Å². The molecule has 0 saturated carbocycles. The molecule has 0 aromatic carbocycles. The molecule has 0 spiro atoms. The zero-order valence-corrected chi connectivity index (χ0v) is 8.48. The molecule has 1 saturated heterocycles. The van der Waals surface area contributed by atoms with Crippen LogP contribution in [0.5, 0.6) is 0 Å². The number of hydrogen-bond acceptors (Lipinski definition) is 6. The predicted octanol–water partition coefficient (Wildman–Crippen LogP) is -1.53. The molecule has 2 heterocycles. The van der Waals surface area contributed by atoms with Gasteiger partial charge >= 0.3 is 5.69 Å². The average molecular weight is 227 g/mol. The molecule has 0 aliphatic carbocycles. The fourth-order valence-electron chi connectivity index (χ4n) is 1.72. The summed E-state index contributed by atoms with van der Waals surface area (Å²) >= 11 is 0. The van der Waals surface area contributed by atoms with Crippen LogP contribution < -0.4 is 11.4 Å². The van der Waals surface area contributed by atoms with Crippen molar-refractivity contribution in [3.8, 4) is 0 Å². The molecule has 0 amide bonds. The number of aliphatic hydroxyl groups is 2. The summed E-state index contributed by atoms with van der Waals surface area (Å²) in [5, 5.41) is 18.6. The molecule has 1 aliphatic heterocycles. The summed E-state index contributed by atoms with van der Waals surface area (Å²) in [6, 6.07) is 1.45. The Kier molecular flexibility index (Phi) is 2.90. The molecular formula is C9H13N3O4. The molecule has 1 aromatic rings. The summed E-state index contributed by atoms with van der Waals surface area (Å²) < 4.78 is 6.48. The van der Waals surface area contributed by atoms with Crippen LogP contribution in [-0.4, -0.2) is 38.6 Å². The van der Waals surface area contributed by atoms with Gasteiger partial charge in [-0.3, -0.25) is 4.57 Å². The fourth-order valence-corrected chi connectivity index (χ4v) is 1.72.